The first-order chi connectivity index (χ1) is 15.7. The molecular formula is C26H30N4O3. The topological polar surface area (TPSA) is 96.2 Å². The van der Waals surface area contributed by atoms with Crippen LogP contribution >= 0.6 is 0 Å². The zero-order valence-corrected chi connectivity index (χ0v) is 19.3. The van der Waals surface area contributed by atoms with E-state index in [4.69, 9.17) is 10.2 Å². The van der Waals surface area contributed by atoms with Gasteiger partial charge in [-0.25, -0.2) is 9.48 Å². The molecule has 1 aromatic heterocycles. The summed E-state index contributed by atoms with van der Waals surface area (Å²) in [6.07, 6.45) is 2.88. The molecule has 2 aromatic carbocycles. The maximum absolute atomic E-state index is 13.0. The number of rotatable bonds is 5. The lowest BCUT2D eigenvalue weighted by atomic mass is 9.88. The van der Waals surface area contributed by atoms with Gasteiger partial charge in [0.05, 0.1) is 23.8 Å². The Morgan fingerprint density at radius 1 is 1.12 bits per heavy atom. The second-order valence-electron chi connectivity index (χ2n) is 9.56. The van der Waals surface area contributed by atoms with Crippen LogP contribution in [0.4, 0.5) is 10.6 Å². The Balaban J connectivity index is 1.61. The average molecular weight is 447 g/mol. The monoisotopic (exact) mass is 446 g/mol. The molecule has 7 heteroatoms. The van der Waals surface area contributed by atoms with E-state index in [-0.39, 0.29) is 23.9 Å². The van der Waals surface area contributed by atoms with Crippen molar-refractivity contribution < 1.29 is 14.7 Å². The number of hydrogen-bond acceptors (Lipinski definition) is 3. The molecule has 172 valence electrons. The SMILES string of the molecule is CC(C)(C)c1cc(NC(=O)NC2CCCc3ccccc32)n(-c2cccc(CC(=O)O)c2)n1. The lowest BCUT2D eigenvalue weighted by Gasteiger charge is -2.26. The van der Waals surface area contributed by atoms with E-state index in [1.807, 2.05) is 24.3 Å². The molecule has 3 N–H and O–H groups in total. The Hall–Kier alpha value is -3.61. The molecular weight excluding hydrogens is 416 g/mol. The molecule has 0 aliphatic heterocycles. The molecule has 7 nitrogen and oxygen atoms in total. The van der Waals surface area contributed by atoms with E-state index in [0.717, 1.165) is 25.0 Å². The van der Waals surface area contributed by atoms with E-state index < -0.39 is 5.97 Å². The first-order valence-electron chi connectivity index (χ1n) is 11.3. The molecule has 4 rings (SSSR count). The highest BCUT2D eigenvalue weighted by molar-refractivity contribution is 5.89. The highest BCUT2D eigenvalue weighted by Gasteiger charge is 2.24. The first kappa shape index (κ1) is 22.6. The number of amides is 2. The van der Waals surface area contributed by atoms with Crippen LogP contribution in [0, 0.1) is 0 Å². The summed E-state index contributed by atoms with van der Waals surface area (Å²) < 4.78 is 1.67. The summed E-state index contributed by atoms with van der Waals surface area (Å²) in [6, 6.07) is 17.0. The molecule has 1 atom stereocenters. The molecule has 2 amide bonds. The molecule has 1 heterocycles. The van der Waals surface area contributed by atoms with Crippen LogP contribution in [0.5, 0.6) is 0 Å². The largest absolute Gasteiger partial charge is 0.481 e. The van der Waals surface area contributed by atoms with Gasteiger partial charge in [0.15, 0.2) is 0 Å². The summed E-state index contributed by atoms with van der Waals surface area (Å²) in [6.45, 7) is 6.18. The number of fused-ring (bicyclic) bond motifs is 1. The summed E-state index contributed by atoms with van der Waals surface area (Å²) >= 11 is 0. The quantitative estimate of drug-likeness (QED) is 0.514. The standard InChI is InChI=1S/C26H30N4O3/c1-26(2,3)22-16-23(30(29-22)19-11-6-8-17(14-19)15-24(31)32)28-25(33)27-21-13-7-10-18-9-4-5-12-20(18)21/h4-6,8-9,11-12,14,16,21H,7,10,13,15H2,1-3H3,(H,31,32)(H2,27,28,33). The van der Waals surface area contributed by atoms with Gasteiger partial charge in [-0.15, -0.1) is 0 Å². The number of hydrogen-bond donors (Lipinski definition) is 3. The molecule has 1 aliphatic rings. The number of urea groups is 1. The average Bonchev–Trinajstić information content (AvgIpc) is 3.18. The van der Waals surface area contributed by atoms with E-state index in [1.54, 1.807) is 22.9 Å². The van der Waals surface area contributed by atoms with Crippen LogP contribution in [0.2, 0.25) is 0 Å². The van der Waals surface area contributed by atoms with E-state index in [1.165, 1.54) is 11.1 Å². The highest BCUT2D eigenvalue weighted by Crippen LogP contribution is 2.30. The molecule has 0 bridgehead atoms. The smallest absolute Gasteiger partial charge is 0.320 e. The fraction of sp³-hybridized carbons (Fsp3) is 0.346. The van der Waals surface area contributed by atoms with Gasteiger partial charge in [0.1, 0.15) is 5.82 Å². The minimum Gasteiger partial charge on any atom is -0.481 e. The summed E-state index contributed by atoms with van der Waals surface area (Å²) in [7, 11) is 0. The predicted octanol–water partition coefficient (Wildman–Crippen LogP) is 5.00. The minimum absolute atomic E-state index is 0.0349. The van der Waals surface area contributed by atoms with Gasteiger partial charge in [-0.3, -0.25) is 10.1 Å². The number of aryl methyl sites for hydroxylation is 1. The fourth-order valence-corrected chi connectivity index (χ4v) is 4.22. The van der Waals surface area contributed by atoms with Crippen LogP contribution in [0.3, 0.4) is 0 Å². The molecule has 0 radical (unpaired) electrons. The molecule has 0 saturated heterocycles. The van der Waals surface area contributed by atoms with E-state index in [2.05, 4.69) is 43.5 Å². The highest BCUT2D eigenvalue weighted by atomic mass is 16.4. The predicted molar refractivity (Wildman–Crippen MR) is 128 cm³/mol. The second kappa shape index (κ2) is 9.10. The molecule has 33 heavy (non-hydrogen) atoms. The van der Waals surface area contributed by atoms with Crippen LogP contribution in [0.15, 0.2) is 54.6 Å². The number of carbonyl (C=O) groups excluding carboxylic acids is 1. The second-order valence-corrected chi connectivity index (χ2v) is 9.56. The van der Waals surface area contributed by atoms with E-state index >= 15 is 0 Å². The molecule has 1 aliphatic carbocycles. The van der Waals surface area contributed by atoms with Crippen molar-refractivity contribution in [2.24, 2.45) is 0 Å². The summed E-state index contributed by atoms with van der Waals surface area (Å²) in [5, 5.41) is 20.0. The van der Waals surface area contributed by atoms with Gasteiger partial charge in [0.25, 0.3) is 0 Å². The van der Waals surface area contributed by atoms with Crippen molar-refractivity contribution >= 4 is 17.8 Å². The summed E-state index contributed by atoms with van der Waals surface area (Å²) in [5.41, 5.74) is 4.42. The fourth-order valence-electron chi connectivity index (χ4n) is 4.22. The van der Waals surface area contributed by atoms with Gasteiger partial charge in [0.2, 0.25) is 0 Å². The Kier molecular flexibility index (Phi) is 6.22. The van der Waals surface area contributed by atoms with Gasteiger partial charge >= 0.3 is 12.0 Å². The van der Waals surface area contributed by atoms with Gasteiger partial charge < -0.3 is 10.4 Å². The Morgan fingerprint density at radius 2 is 1.91 bits per heavy atom. The van der Waals surface area contributed by atoms with E-state index in [9.17, 15) is 9.59 Å². The number of nitrogens with one attached hydrogen (secondary N) is 2. The molecule has 0 saturated carbocycles. The van der Waals surface area contributed by atoms with Crippen LogP contribution in [0.1, 0.15) is 62.0 Å². The number of carboxylic acid groups (broad SMARTS) is 1. The molecule has 3 aromatic rings. The third-order valence-electron chi connectivity index (χ3n) is 5.90. The third-order valence-corrected chi connectivity index (χ3v) is 5.90. The Bertz CT molecular complexity index is 1180. The van der Waals surface area contributed by atoms with Crippen molar-refractivity contribution in [2.45, 2.75) is 57.9 Å². The lowest BCUT2D eigenvalue weighted by Crippen LogP contribution is -2.34. The summed E-state index contributed by atoms with van der Waals surface area (Å²) in [5.74, 6) is -0.359. The van der Waals surface area contributed by atoms with Crippen LogP contribution in [-0.4, -0.2) is 26.9 Å². The molecule has 0 fully saturated rings. The van der Waals surface area contributed by atoms with Crippen LogP contribution in [0.25, 0.3) is 5.69 Å². The summed E-state index contributed by atoms with van der Waals surface area (Å²) in [4.78, 5) is 24.2. The van der Waals surface area contributed by atoms with Gasteiger partial charge in [-0.1, -0.05) is 57.2 Å². The third kappa shape index (κ3) is 5.25. The van der Waals surface area contributed by atoms with Gasteiger partial charge in [-0.05, 0) is 48.1 Å². The van der Waals surface area contributed by atoms with Gasteiger partial charge in [-0.2, -0.15) is 5.10 Å². The lowest BCUT2D eigenvalue weighted by molar-refractivity contribution is -0.136. The molecule has 1 unspecified atom stereocenters. The van der Waals surface area contributed by atoms with Crippen LogP contribution in [-0.2, 0) is 23.1 Å². The van der Waals surface area contributed by atoms with Crippen molar-refractivity contribution in [3.8, 4) is 5.69 Å². The number of benzene rings is 2. The first-order valence-corrected chi connectivity index (χ1v) is 11.3. The maximum Gasteiger partial charge on any atom is 0.320 e. The van der Waals surface area contributed by atoms with Crippen molar-refractivity contribution in [1.82, 2.24) is 15.1 Å². The van der Waals surface area contributed by atoms with Crippen molar-refractivity contribution in [3.05, 3.63) is 77.0 Å². The Morgan fingerprint density at radius 3 is 2.67 bits per heavy atom. The van der Waals surface area contributed by atoms with Crippen LogP contribution < -0.4 is 10.6 Å². The zero-order chi connectivity index (χ0) is 23.6. The number of aliphatic carboxylic acids is 1. The van der Waals surface area contributed by atoms with Crippen molar-refractivity contribution in [2.75, 3.05) is 5.32 Å². The number of carbonyl (C=O) groups is 2. The zero-order valence-electron chi connectivity index (χ0n) is 19.3. The van der Waals surface area contributed by atoms with Crippen molar-refractivity contribution in [3.63, 3.8) is 0 Å². The van der Waals surface area contributed by atoms with E-state index in [0.29, 0.717) is 17.1 Å². The number of carboxylic acids is 1. The normalized spacial score (nSPS) is 15.5. The van der Waals surface area contributed by atoms with Crippen molar-refractivity contribution in [1.29, 1.82) is 0 Å². The number of aromatic nitrogens is 2. The van der Waals surface area contributed by atoms with Gasteiger partial charge in [0, 0.05) is 11.5 Å². The number of anilines is 1. The maximum atomic E-state index is 13.0. The Labute approximate surface area is 193 Å². The molecule has 0 spiro atoms. The minimum atomic E-state index is -0.895. The number of nitrogens with zero attached hydrogens (tertiary/aromatic N) is 2.